The molecule has 0 saturated heterocycles. The van der Waals surface area contributed by atoms with Gasteiger partial charge in [0.2, 0.25) is 0 Å². The number of carbonyl (C=O) groups is 2. The second-order valence-electron chi connectivity index (χ2n) is 4.95. The van der Waals surface area contributed by atoms with Crippen LogP contribution >= 0.6 is 0 Å². The summed E-state index contributed by atoms with van der Waals surface area (Å²) in [6, 6.07) is 0. The van der Waals surface area contributed by atoms with Crippen LogP contribution in [0.15, 0.2) is 0 Å². The number of aliphatic hydroxyl groups excluding tert-OH is 1. The van der Waals surface area contributed by atoms with Crippen LogP contribution in [0.4, 0.5) is 0 Å². The molecule has 19 heavy (non-hydrogen) atoms. The third-order valence-corrected chi connectivity index (χ3v) is 2.85. The summed E-state index contributed by atoms with van der Waals surface area (Å²) in [6.45, 7) is 7.65. The molecule has 0 unspecified atom stereocenters. The molecule has 0 aliphatic rings. The van der Waals surface area contributed by atoms with Crippen LogP contribution in [0.2, 0.25) is 0 Å². The highest BCUT2D eigenvalue weighted by Gasteiger charge is 2.48. The van der Waals surface area contributed by atoms with Gasteiger partial charge in [-0.1, -0.05) is 13.8 Å². The standard InChI is InChI=1S/C14H26O5/c1-5-18-12(16)14(8-7-9-15,10-11(3)4)13(17)19-6-2/h11,15H,5-10H2,1-4H3. The Morgan fingerprint density at radius 2 is 1.58 bits per heavy atom. The number of aliphatic hydroxyl groups is 1. The fourth-order valence-corrected chi connectivity index (χ4v) is 2.17. The Balaban J connectivity index is 5.29. The zero-order valence-electron chi connectivity index (χ0n) is 12.4. The van der Waals surface area contributed by atoms with E-state index < -0.39 is 17.4 Å². The van der Waals surface area contributed by atoms with Gasteiger partial charge in [0.25, 0.3) is 0 Å². The number of hydrogen-bond donors (Lipinski definition) is 1. The lowest BCUT2D eigenvalue weighted by Crippen LogP contribution is -2.43. The summed E-state index contributed by atoms with van der Waals surface area (Å²) in [4.78, 5) is 24.4. The van der Waals surface area contributed by atoms with Crippen molar-refractivity contribution in [2.24, 2.45) is 11.3 Å². The van der Waals surface area contributed by atoms with Crippen LogP contribution in [0, 0.1) is 11.3 Å². The number of hydrogen-bond acceptors (Lipinski definition) is 5. The second kappa shape index (κ2) is 8.91. The van der Waals surface area contributed by atoms with Crippen molar-refractivity contribution in [3.8, 4) is 0 Å². The third-order valence-electron chi connectivity index (χ3n) is 2.85. The first-order valence-electron chi connectivity index (χ1n) is 6.89. The predicted molar refractivity (Wildman–Crippen MR) is 71.5 cm³/mol. The molecule has 5 nitrogen and oxygen atoms in total. The first kappa shape index (κ1) is 17.9. The molecule has 0 radical (unpaired) electrons. The van der Waals surface area contributed by atoms with Crippen molar-refractivity contribution < 1.29 is 24.2 Å². The lowest BCUT2D eigenvalue weighted by molar-refractivity contribution is -0.174. The summed E-state index contributed by atoms with van der Waals surface area (Å²) in [6.07, 6.45) is 0.981. The van der Waals surface area contributed by atoms with Gasteiger partial charge in [0.1, 0.15) is 0 Å². The average Bonchev–Trinajstić information content (AvgIpc) is 2.34. The zero-order valence-corrected chi connectivity index (χ0v) is 12.4. The molecule has 0 aromatic rings. The molecule has 0 heterocycles. The predicted octanol–water partition coefficient (Wildman–Crippen LogP) is 1.92. The summed E-state index contributed by atoms with van der Waals surface area (Å²) in [7, 11) is 0. The summed E-state index contributed by atoms with van der Waals surface area (Å²) < 4.78 is 10.1. The molecule has 0 aliphatic carbocycles. The van der Waals surface area contributed by atoms with E-state index in [0.717, 1.165) is 0 Å². The molecular formula is C14H26O5. The highest BCUT2D eigenvalue weighted by molar-refractivity contribution is 6.00. The minimum atomic E-state index is -1.29. The largest absolute Gasteiger partial charge is 0.465 e. The van der Waals surface area contributed by atoms with E-state index in [1.807, 2.05) is 13.8 Å². The van der Waals surface area contributed by atoms with E-state index in [9.17, 15) is 9.59 Å². The Hall–Kier alpha value is -1.10. The molecule has 1 N–H and O–H groups in total. The molecule has 0 amide bonds. The molecule has 5 heteroatoms. The summed E-state index contributed by atoms with van der Waals surface area (Å²) in [5, 5.41) is 8.98. The molecule has 0 atom stereocenters. The molecular weight excluding hydrogens is 248 g/mol. The molecule has 0 bridgehead atoms. The number of ether oxygens (including phenoxy) is 2. The molecule has 112 valence electrons. The van der Waals surface area contributed by atoms with Crippen molar-refractivity contribution in [3.63, 3.8) is 0 Å². The van der Waals surface area contributed by atoms with Gasteiger partial charge >= 0.3 is 11.9 Å². The van der Waals surface area contributed by atoms with Gasteiger partial charge < -0.3 is 14.6 Å². The summed E-state index contributed by atoms with van der Waals surface area (Å²) in [5.74, 6) is -0.946. The Morgan fingerprint density at radius 3 is 1.89 bits per heavy atom. The van der Waals surface area contributed by atoms with Gasteiger partial charge in [-0.2, -0.15) is 0 Å². The number of carbonyl (C=O) groups excluding carboxylic acids is 2. The molecule has 0 aliphatic heterocycles. The van der Waals surface area contributed by atoms with E-state index >= 15 is 0 Å². The first-order chi connectivity index (χ1) is 8.94. The van der Waals surface area contributed by atoms with E-state index in [0.29, 0.717) is 12.8 Å². The van der Waals surface area contributed by atoms with Crippen molar-refractivity contribution in [1.82, 2.24) is 0 Å². The Labute approximate surface area is 115 Å². The maximum atomic E-state index is 12.2. The normalized spacial score (nSPS) is 11.5. The van der Waals surface area contributed by atoms with Gasteiger partial charge in [-0.25, -0.2) is 0 Å². The van der Waals surface area contributed by atoms with Gasteiger partial charge in [-0.05, 0) is 39.0 Å². The molecule has 0 spiro atoms. The van der Waals surface area contributed by atoms with Crippen LogP contribution < -0.4 is 0 Å². The van der Waals surface area contributed by atoms with E-state index in [-0.39, 0.29) is 32.2 Å². The fourth-order valence-electron chi connectivity index (χ4n) is 2.17. The van der Waals surface area contributed by atoms with Crippen LogP contribution in [0.3, 0.4) is 0 Å². The zero-order chi connectivity index (χ0) is 14.9. The van der Waals surface area contributed by atoms with Gasteiger partial charge in [-0.15, -0.1) is 0 Å². The van der Waals surface area contributed by atoms with Crippen LogP contribution in [0.5, 0.6) is 0 Å². The van der Waals surface area contributed by atoms with E-state index in [2.05, 4.69) is 0 Å². The van der Waals surface area contributed by atoms with Crippen molar-refractivity contribution in [2.75, 3.05) is 19.8 Å². The van der Waals surface area contributed by atoms with Crippen molar-refractivity contribution in [1.29, 1.82) is 0 Å². The molecule has 0 saturated carbocycles. The summed E-state index contributed by atoms with van der Waals surface area (Å²) >= 11 is 0. The van der Waals surface area contributed by atoms with Gasteiger partial charge in [0.15, 0.2) is 5.41 Å². The first-order valence-corrected chi connectivity index (χ1v) is 6.89. The van der Waals surface area contributed by atoms with Gasteiger partial charge in [0, 0.05) is 6.61 Å². The fraction of sp³-hybridized carbons (Fsp3) is 0.857. The Kier molecular flexibility index (Phi) is 8.39. The van der Waals surface area contributed by atoms with Gasteiger partial charge in [-0.3, -0.25) is 9.59 Å². The number of esters is 2. The van der Waals surface area contributed by atoms with Crippen LogP contribution in [-0.2, 0) is 19.1 Å². The van der Waals surface area contributed by atoms with E-state index in [1.165, 1.54) is 0 Å². The minimum absolute atomic E-state index is 0.0708. The SMILES string of the molecule is CCOC(=O)C(CCCO)(CC(C)C)C(=O)OCC. The lowest BCUT2D eigenvalue weighted by atomic mass is 9.76. The highest BCUT2D eigenvalue weighted by Crippen LogP contribution is 2.35. The lowest BCUT2D eigenvalue weighted by Gasteiger charge is -2.30. The van der Waals surface area contributed by atoms with Crippen LogP contribution in [0.25, 0.3) is 0 Å². The summed E-state index contributed by atoms with van der Waals surface area (Å²) in [5.41, 5.74) is -1.29. The highest BCUT2D eigenvalue weighted by atomic mass is 16.6. The maximum Gasteiger partial charge on any atom is 0.323 e. The van der Waals surface area contributed by atoms with E-state index in [4.69, 9.17) is 14.6 Å². The maximum absolute atomic E-state index is 12.2. The molecule has 0 rings (SSSR count). The Morgan fingerprint density at radius 1 is 1.11 bits per heavy atom. The smallest absolute Gasteiger partial charge is 0.323 e. The van der Waals surface area contributed by atoms with Crippen molar-refractivity contribution in [2.45, 2.75) is 47.0 Å². The monoisotopic (exact) mass is 274 g/mol. The Bertz CT molecular complexity index is 268. The average molecular weight is 274 g/mol. The number of rotatable bonds is 9. The van der Waals surface area contributed by atoms with Crippen molar-refractivity contribution >= 4 is 11.9 Å². The quantitative estimate of drug-likeness (QED) is 0.513. The van der Waals surface area contributed by atoms with Crippen LogP contribution in [-0.4, -0.2) is 36.9 Å². The third kappa shape index (κ3) is 5.19. The van der Waals surface area contributed by atoms with Crippen molar-refractivity contribution in [3.05, 3.63) is 0 Å². The van der Waals surface area contributed by atoms with Crippen LogP contribution in [0.1, 0.15) is 47.0 Å². The second-order valence-corrected chi connectivity index (χ2v) is 4.95. The molecule has 0 fully saturated rings. The van der Waals surface area contributed by atoms with E-state index in [1.54, 1.807) is 13.8 Å². The molecule has 0 aromatic carbocycles. The topological polar surface area (TPSA) is 72.8 Å². The molecule has 0 aromatic heterocycles. The van der Waals surface area contributed by atoms with Gasteiger partial charge in [0.05, 0.1) is 13.2 Å². The minimum Gasteiger partial charge on any atom is -0.465 e.